The molecule has 2 aromatic rings. The van der Waals surface area contributed by atoms with E-state index in [9.17, 15) is 4.79 Å². The summed E-state index contributed by atoms with van der Waals surface area (Å²) in [5.74, 6) is 0. The quantitative estimate of drug-likeness (QED) is 0.866. The standard InChI is InChI=1S/C10H8BrN3O/c11-8-5-13-14(6-8)10-3-1-9(2-4-10)12-7-15/h1-7H,(H,12,15). The number of amides is 1. The molecule has 0 saturated carbocycles. The van der Waals surface area contributed by atoms with E-state index >= 15 is 0 Å². The van der Waals surface area contributed by atoms with Gasteiger partial charge in [0.15, 0.2) is 0 Å². The Kier molecular flexibility index (Phi) is 2.82. The summed E-state index contributed by atoms with van der Waals surface area (Å²) in [5.41, 5.74) is 1.71. The minimum absolute atomic E-state index is 0.652. The summed E-state index contributed by atoms with van der Waals surface area (Å²) in [5, 5.41) is 6.71. The van der Waals surface area contributed by atoms with E-state index < -0.39 is 0 Å². The molecule has 1 aromatic carbocycles. The Morgan fingerprint density at radius 1 is 1.33 bits per heavy atom. The van der Waals surface area contributed by atoms with Crippen molar-refractivity contribution in [2.45, 2.75) is 0 Å². The fourth-order valence-electron chi connectivity index (χ4n) is 1.22. The fourth-order valence-corrected chi connectivity index (χ4v) is 1.51. The highest BCUT2D eigenvalue weighted by molar-refractivity contribution is 9.10. The second-order valence-corrected chi connectivity index (χ2v) is 3.83. The highest BCUT2D eigenvalue weighted by Gasteiger charge is 1.98. The number of aromatic nitrogens is 2. The first-order valence-corrected chi connectivity index (χ1v) is 5.10. The third kappa shape index (κ3) is 2.24. The summed E-state index contributed by atoms with van der Waals surface area (Å²) < 4.78 is 2.67. The van der Waals surface area contributed by atoms with Crippen LogP contribution in [0, 0.1) is 0 Å². The molecule has 1 amide bonds. The lowest BCUT2D eigenvalue weighted by Gasteiger charge is -2.02. The second-order valence-electron chi connectivity index (χ2n) is 2.91. The molecule has 0 unspecified atom stereocenters. The molecule has 0 aliphatic carbocycles. The van der Waals surface area contributed by atoms with Crippen LogP contribution in [0.25, 0.3) is 5.69 Å². The molecule has 5 heteroatoms. The third-order valence-electron chi connectivity index (χ3n) is 1.91. The molecule has 1 heterocycles. The Bertz CT molecular complexity index is 464. The molecule has 0 fully saturated rings. The highest BCUT2D eigenvalue weighted by Crippen LogP contribution is 2.14. The van der Waals surface area contributed by atoms with E-state index in [1.54, 1.807) is 10.9 Å². The zero-order valence-corrected chi connectivity index (χ0v) is 9.31. The van der Waals surface area contributed by atoms with Gasteiger partial charge in [-0.05, 0) is 40.2 Å². The van der Waals surface area contributed by atoms with Crippen molar-refractivity contribution in [2.24, 2.45) is 0 Å². The summed E-state index contributed by atoms with van der Waals surface area (Å²) >= 11 is 3.33. The Morgan fingerprint density at radius 3 is 2.60 bits per heavy atom. The van der Waals surface area contributed by atoms with Crippen LogP contribution in [-0.2, 0) is 4.79 Å². The van der Waals surface area contributed by atoms with E-state index in [1.165, 1.54) is 0 Å². The Hall–Kier alpha value is -1.62. The van der Waals surface area contributed by atoms with Crippen molar-refractivity contribution in [3.05, 3.63) is 41.1 Å². The van der Waals surface area contributed by atoms with E-state index in [2.05, 4.69) is 26.3 Å². The predicted octanol–water partition coefficient (Wildman–Crippen LogP) is 2.20. The van der Waals surface area contributed by atoms with Gasteiger partial charge in [0.1, 0.15) is 0 Å². The first-order valence-electron chi connectivity index (χ1n) is 4.30. The Morgan fingerprint density at radius 2 is 2.07 bits per heavy atom. The smallest absolute Gasteiger partial charge is 0.211 e. The lowest BCUT2D eigenvalue weighted by atomic mass is 10.3. The second kappa shape index (κ2) is 4.27. The monoisotopic (exact) mass is 265 g/mol. The maximum Gasteiger partial charge on any atom is 0.211 e. The summed E-state index contributed by atoms with van der Waals surface area (Å²) in [6, 6.07) is 7.40. The molecule has 0 aliphatic heterocycles. The molecule has 0 aliphatic rings. The van der Waals surface area contributed by atoms with Gasteiger partial charge >= 0.3 is 0 Å². The number of nitrogens with one attached hydrogen (secondary N) is 1. The average molecular weight is 266 g/mol. The third-order valence-corrected chi connectivity index (χ3v) is 2.32. The summed E-state index contributed by atoms with van der Waals surface area (Å²) in [7, 11) is 0. The number of anilines is 1. The zero-order chi connectivity index (χ0) is 10.7. The molecule has 0 bridgehead atoms. The molecule has 1 N–H and O–H groups in total. The van der Waals surface area contributed by atoms with Crippen LogP contribution in [0.4, 0.5) is 5.69 Å². The molecule has 15 heavy (non-hydrogen) atoms. The number of hydrogen-bond acceptors (Lipinski definition) is 2. The number of carbonyl (C=O) groups is 1. The van der Waals surface area contributed by atoms with Crippen LogP contribution in [-0.4, -0.2) is 16.2 Å². The molecular formula is C10H8BrN3O. The normalized spacial score (nSPS) is 9.93. The number of carbonyl (C=O) groups excluding carboxylic acids is 1. The van der Waals surface area contributed by atoms with Gasteiger partial charge in [-0.25, -0.2) is 4.68 Å². The Balaban J connectivity index is 2.27. The highest BCUT2D eigenvalue weighted by atomic mass is 79.9. The van der Waals surface area contributed by atoms with Crippen LogP contribution in [0.5, 0.6) is 0 Å². The molecule has 0 atom stereocenters. The van der Waals surface area contributed by atoms with Gasteiger partial charge in [-0.15, -0.1) is 0 Å². The van der Waals surface area contributed by atoms with Gasteiger partial charge in [0.25, 0.3) is 0 Å². The topological polar surface area (TPSA) is 46.9 Å². The Labute approximate surface area is 95.0 Å². The maximum absolute atomic E-state index is 10.2. The van der Waals surface area contributed by atoms with Crippen molar-refractivity contribution >= 4 is 28.0 Å². The van der Waals surface area contributed by atoms with E-state index in [0.29, 0.717) is 6.41 Å². The maximum atomic E-state index is 10.2. The van der Waals surface area contributed by atoms with Gasteiger partial charge in [-0.3, -0.25) is 4.79 Å². The van der Waals surface area contributed by atoms with Crippen LogP contribution in [0.3, 0.4) is 0 Å². The molecule has 76 valence electrons. The van der Waals surface area contributed by atoms with Gasteiger partial charge in [0.2, 0.25) is 6.41 Å². The van der Waals surface area contributed by atoms with Crippen molar-refractivity contribution in [3.63, 3.8) is 0 Å². The molecular weight excluding hydrogens is 258 g/mol. The number of hydrogen-bond donors (Lipinski definition) is 1. The van der Waals surface area contributed by atoms with Gasteiger partial charge in [0.05, 0.1) is 16.4 Å². The van der Waals surface area contributed by atoms with Crippen LogP contribution in [0.2, 0.25) is 0 Å². The van der Waals surface area contributed by atoms with Crippen molar-refractivity contribution in [1.82, 2.24) is 9.78 Å². The van der Waals surface area contributed by atoms with Crippen LogP contribution in [0.1, 0.15) is 0 Å². The van der Waals surface area contributed by atoms with Crippen molar-refractivity contribution in [3.8, 4) is 5.69 Å². The van der Waals surface area contributed by atoms with E-state index in [-0.39, 0.29) is 0 Å². The number of benzene rings is 1. The van der Waals surface area contributed by atoms with Crippen LogP contribution in [0.15, 0.2) is 41.1 Å². The van der Waals surface area contributed by atoms with Crippen molar-refractivity contribution in [2.75, 3.05) is 5.32 Å². The van der Waals surface area contributed by atoms with Gasteiger partial charge in [-0.1, -0.05) is 0 Å². The lowest BCUT2D eigenvalue weighted by molar-refractivity contribution is -0.105. The first-order chi connectivity index (χ1) is 7.29. The molecule has 2 rings (SSSR count). The summed E-state index contributed by atoms with van der Waals surface area (Å²) in [6.07, 6.45) is 4.24. The molecule has 0 spiro atoms. The number of halogens is 1. The predicted molar refractivity (Wildman–Crippen MR) is 61.0 cm³/mol. The van der Waals surface area contributed by atoms with Gasteiger partial charge in [0, 0.05) is 11.9 Å². The minimum Gasteiger partial charge on any atom is -0.329 e. The molecule has 1 aromatic heterocycles. The van der Waals surface area contributed by atoms with Crippen LogP contribution >= 0.6 is 15.9 Å². The fraction of sp³-hybridized carbons (Fsp3) is 0. The molecule has 0 saturated heterocycles. The van der Waals surface area contributed by atoms with E-state index in [1.807, 2.05) is 30.5 Å². The first kappa shape index (κ1) is 9.92. The van der Waals surface area contributed by atoms with Crippen molar-refractivity contribution < 1.29 is 4.79 Å². The zero-order valence-electron chi connectivity index (χ0n) is 7.72. The average Bonchev–Trinajstić information content (AvgIpc) is 2.67. The van der Waals surface area contributed by atoms with Gasteiger partial charge in [-0.2, -0.15) is 5.10 Å². The molecule has 4 nitrogen and oxygen atoms in total. The van der Waals surface area contributed by atoms with Crippen LogP contribution < -0.4 is 5.32 Å². The van der Waals surface area contributed by atoms with Gasteiger partial charge < -0.3 is 5.32 Å². The number of rotatable bonds is 3. The number of nitrogens with zero attached hydrogens (tertiary/aromatic N) is 2. The lowest BCUT2D eigenvalue weighted by Crippen LogP contribution is -1.96. The van der Waals surface area contributed by atoms with Crippen molar-refractivity contribution in [1.29, 1.82) is 0 Å². The largest absolute Gasteiger partial charge is 0.329 e. The molecule has 0 radical (unpaired) electrons. The SMILES string of the molecule is O=CNc1ccc(-n2cc(Br)cn2)cc1. The summed E-state index contributed by atoms with van der Waals surface area (Å²) in [6.45, 7) is 0. The minimum atomic E-state index is 0.652. The summed E-state index contributed by atoms with van der Waals surface area (Å²) in [4.78, 5) is 10.2. The van der Waals surface area contributed by atoms with E-state index in [0.717, 1.165) is 15.8 Å². The van der Waals surface area contributed by atoms with E-state index in [4.69, 9.17) is 0 Å².